The van der Waals surface area contributed by atoms with Crippen molar-refractivity contribution in [3.05, 3.63) is 72.8 Å². The van der Waals surface area contributed by atoms with Crippen LogP contribution in [0.25, 0.3) is 22.3 Å². The molecule has 0 spiro atoms. The van der Waals surface area contributed by atoms with E-state index in [9.17, 15) is 0 Å². The highest BCUT2D eigenvalue weighted by Crippen LogP contribution is 2.26. The molecule has 0 saturated carbocycles. The second kappa shape index (κ2) is 5.10. The number of anilines is 2. The second-order valence-electron chi connectivity index (χ2n) is 4.83. The zero-order chi connectivity index (χ0) is 13.9. The maximum atomic E-state index is 5.82. The summed E-state index contributed by atoms with van der Waals surface area (Å²) in [5.41, 5.74) is 17.8. The van der Waals surface area contributed by atoms with Crippen molar-refractivity contribution in [1.29, 1.82) is 0 Å². The van der Waals surface area contributed by atoms with Gasteiger partial charge in [-0.15, -0.1) is 0 Å². The normalized spacial score (nSPS) is 10.4. The van der Waals surface area contributed by atoms with Crippen LogP contribution in [0, 0.1) is 0 Å². The first-order chi connectivity index (χ1) is 9.72. The van der Waals surface area contributed by atoms with Gasteiger partial charge in [0.25, 0.3) is 0 Å². The number of hydrogen-bond acceptors (Lipinski definition) is 2. The maximum Gasteiger partial charge on any atom is 0.0320 e. The van der Waals surface area contributed by atoms with Gasteiger partial charge in [-0.2, -0.15) is 0 Å². The van der Waals surface area contributed by atoms with E-state index in [0.717, 1.165) is 33.6 Å². The molecule has 0 aliphatic rings. The van der Waals surface area contributed by atoms with E-state index in [1.807, 2.05) is 36.4 Å². The van der Waals surface area contributed by atoms with E-state index in [1.165, 1.54) is 0 Å². The lowest BCUT2D eigenvalue weighted by Crippen LogP contribution is -1.86. The van der Waals surface area contributed by atoms with Gasteiger partial charge >= 0.3 is 0 Å². The van der Waals surface area contributed by atoms with Gasteiger partial charge in [0, 0.05) is 11.4 Å². The number of benzene rings is 3. The van der Waals surface area contributed by atoms with E-state index in [1.54, 1.807) is 0 Å². The molecule has 0 bridgehead atoms. The zero-order valence-electron chi connectivity index (χ0n) is 11.1. The van der Waals surface area contributed by atoms with Gasteiger partial charge in [-0.05, 0) is 46.5 Å². The Morgan fingerprint density at radius 2 is 0.850 bits per heavy atom. The third-order valence-corrected chi connectivity index (χ3v) is 3.32. The van der Waals surface area contributed by atoms with Crippen LogP contribution in [-0.2, 0) is 0 Å². The van der Waals surface area contributed by atoms with Crippen LogP contribution in [-0.4, -0.2) is 0 Å². The van der Waals surface area contributed by atoms with E-state index in [4.69, 9.17) is 11.5 Å². The molecule has 20 heavy (non-hydrogen) atoms. The average molecular weight is 260 g/mol. The standard InChI is InChI=1S/C18H16N2/c19-17-5-1-3-15(11-17)13-7-9-14(10-8-13)16-4-2-6-18(20)12-16/h1-12H,19-20H2. The summed E-state index contributed by atoms with van der Waals surface area (Å²) in [4.78, 5) is 0. The quantitative estimate of drug-likeness (QED) is 0.679. The highest BCUT2D eigenvalue weighted by atomic mass is 14.5. The van der Waals surface area contributed by atoms with Gasteiger partial charge in [0.2, 0.25) is 0 Å². The Morgan fingerprint density at radius 3 is 1.20 bits per heavy atom. The molecular formula is C18H16N2. The topological polar surface area (TPSA) is 52.0 Å². The van der Waals surface area contributed by atoms with Gasteiger partial charge in [-0.25, -0.2) is 0 Å². The molecule has 0 radical (unpaired) electrons. The van der Waals surface area contributed by atoms with Crippen molar-refractivity contribution >= 4 is 11.4 Å². The van der Waals surface area contributed by atoms with Crippen LogP contribution < -0.4 is 11.5 Å². The lowest BCUT2D eigenvalue weighted by molar-refractivity contribution is 1.58. The summed E-state index contributed by atoms with van der Waals surface area (Å²) >= 11 is 0. The molecule has 0 aliphatic carbocycles. The van der Waals surface area contributed by atoms with Gasteiger partial charge < -0.3 is 11.5 Å². The molecule has 3 rings (SSSR count). The molecule has 0 aliphatic heterocycles. The van der Waals surface area contributed by atoms with Crippen LogP contribution in [0.15, 0.2) is 72.8 Å². The van der Waals surface area contributed by atoms with Crippen molar-refractivity contribution in [2.75, 3.05) is 11.5 Å². The molecule has 3 aromatic carbocycles. The summed E-state index contributed by atoms with van der Waals surface area (Å²) in [5.74, 6) is 0. The minimum atomic E-state index is 0.780. The van der Waals surface area contributed by atoms with Gasteiger partial charge in [-0.3, -0.25) is 0 Å². The van der Waals surface area contributed by atoms with Gasteiger partial charge in [-0.1, -0.05) is 48.5 Å². The molecule has 0 aromatic heterocycles. The lowest BCUT2D eigenvalue weighted by atomic mass is 10.00. The molecule has 4 N–H and O–H groups in total. The van der Waals surface area contributed by atoms with E-state index < -0.39 is 0 Å². The van der Waals surface area contributed by atoms with Crippen molar-refractivity contribution in [3.63, 3.8) is 0 Å². The monoisotopic (exact) mass is 260 g/mol. The van der Waals surface area contributed by atoms with E-state index in [0.29, 0.717) is 0 Å². The first-order valence-corrected chi connectivity index (χ1v) is 6.54. The Kier molecular flexibility index (Phi) is 3.13. The third-order valence-electron chi connectivity index (χ3n) is 3.32. The fraction of sp³-hybridized carbons (Fsp3) is 0. The first kappa shape index (κ1) is 12.3. The van der Waals surface area contributed by atoms with E-state index in [2.05, 4.69) is 36.4 Å². The average Bonchev–Trinajstić information content (AvgIpc) is 2.47. The minimum Gasteiger partial charge on any atom is -0.399 e. The van der Waals surface area contributed by atoms with E-state index >= 15 is 0 Å². The number of hydrogen-bond donors (Lipinski definition) is 2. The third kappa shape index (κ3) is 2.50. The fourth-order valence-corrected chi connectivity index (χ4v) is 2.29. The zero-order valence-corrected chi connectivity index (χ0v) is 11.1. The molecule has 0 heterocycles. The number of rotatable bonds is 2. The smallest absolute Gasteiger partial charge is 0.0320 e. The highest BCUT2D eigenvalue weighted by Gasteiger charge is 2.01. The summed E-state index contributed by atoms with van der Waals surface area (Å²) in [6, 6.07) is 24.2. The molecule has 98 valence electrons. The molecule has 0 saturated heterocycles. The lowest BCUT2D eigenvalue weighted by Gasteiger charge is -2.06. The van der Waals surface area contributed by atoms with Crippen molar-refractivity contribution in [2.24, 2.45) is 0 Å². The van der Waals surface area contributed by atoms with Crippen molar-refractivity contribution in [3.8, 4) is 22.3 Å². The molecule has 2 nitrogen and oxygen atoms in total. The molecule has 0 amide bonds. The molecule has 0 fully saturated rings. The van der Waals surface area contributed by atoms with Crippen LogP contribution in [0.2, 0.25) is 0 Å². The first-order valence-electron chi connectivity index (χ1n) is 6.54. The molecule has 0 atom stereocenters. The largest absolute Gasteiger partial charge is 0.399 e. The molecular weight excluding hydrogens is 244 g/mol. The van der Waals surface area contributed by atoms with Crippen LogP contribution >= 0.6 is 0 Å². The molecule has 3 aromatic rings. The molecule has 2 heteroatoms. The predicted octanol–water partition coefficient (Wildman–Crippen LogP) is 4.19. The van der Waals surface area contributed by atoms with Gasteiger partial charge in [0.1, 0.15) is 0 Å². The summed E-state index contributed by atoms with van der Waals surface area (Å²) in [6.07, 6.45) is 0. The van der Waals surface area contributed by atoms with Crippen LogP contribution in [0.1, 0.15) is 0 Å². The van der Waals surface area contributed by atoms with Crippen molar-refractivity contribution in [1.82, 2.24) is 0 Å². The highest BCUT2D eigenvalue weighted by molar-refractivity contribution is 5.73. The minimum absolute atomic E-state index is 0.780. The van der Waals surface area contributed by atoms with Crippen LogP contribution in [0.4, 0.5) is 11.4 Å². The van der Waals surface area contributed by atoms with Crippen molar-refractivity contribution < 1.29 is 0 Å². The molecule has 0 unspecified atom stereocenters. The predicted molar refractivity (Wildman–Crippen MR) is 86.1 cm³/mol. The summed E-state index contributed by atoms with van der Waals surface area (Å²) in [7, 11) is 0. The number of nitrogen functional groups attached to an aromatic ring is 2. The second-order valence-corrected chi connectivity index (χ2v) is 4.83. The van der Waals surface area contributed by atoms with Gasteiger partial charge in [0.15, 0.2) is 0 Å². The summed E-state index contributed by atoms with van der Waals surface area (Å²) in [6.45, 7) is 0. The van der Waals surface area contributed by atoms with Crippen LogP contribution in [0.3, 0.4) is 0 Å². The SMILES string of the molecule is Nc1cccc(-c2ccc(-c3cccc(N)c3)cc2)c1. The number of nitrogens with two attached hydrogens (primary N) is 2. The Balaban J connectivity index is 1.96. The van der Waals surface area contributed by atoms with Crippen molar-refractivity contribution in [2.45, 2.75) is 0 Å². The summed E-state index contributed by atoms with van der Waals surface area (Å²) in [5, 5.41) is 0. The van der Waals surface area contributed by atoms with Crippen LogP contribution in [0.5, 0.6) is 0 Å². The maximum absolute atomic E-state index is 5.82. The Morgan fingerprint density at radius 1 is 0.450 bits per heavy atom. The van der Waals surface area contributed by atoms with Gasteiger partial charge in [0.05, 0.1) is 0 Å². The Hall–Kier alpha value is -2.74. The Bertz CT molecular complexity index is 666. The van der Waals surface area contributed by atoms with E-state index in [-0.39, 0.29) is 0 Å². The Labute approximate surface area is 118 Å². The summed E-state index contributed by atoms with van der Waals surface area (Å²) < 4.78 is 0. The fourth-order valence-electron chi connectivity index (χ4n) is 2.29.